The van der Waals surface area contributed by atoms with Crippen molar-refractivity contribution < 1.29 is 0 Å². The van der Waals surface area contributed by atoms with Gasteiger partial charge < -0.3 is 15.3 Å². The highest BCUT2D eigenvalue weighted by Gasteiger charge is 2.16. The molecule has 0 aliphatic rings. The Morgan fingerprint density at radius 3 is 2.71 bits per heavy atom. The Bertz CT molecular complexity index is 1270. The van der Waals surface area contributed by atoms with Crippen LogP contribution >= 0.6 is 0 Å². The van der Waals surface area contributed by atoms with Crippen molar-refractivity contribution in [2.75, 3.05) is 5.32 Å². The summed E-state index contributed by atoms with van der Waals surface area (Å²) >= 11 is 0. The second-order valence-corrected chi connectivity index (χ2v) is 8.44. The van der Waals surface area contributed by atoms with E-state index in [4.69, 9.17) is 0 Å². The molecule has 0 saturated heterocycles. The second kappa shape index (κ2) is 8.07. The summed E-state index contributed by atoms with van der Waals surface area (Å²) in [6.45, 7) is 14.4. The molecule has 3 N–H and O–H groups in total. The Balaban J connectivity index is 1.59. The quantitative estimate of drug-likeness (QED) is 0.266. The first-order valence-corrected chi connectivity index (χ1v) is 10.1. The Morgan fingerprint density at radius 2 is 2.00 bits per heavy atom. The van der Waals surface area contributed by atoms with Crippen LogP contribution in [0.25, 0.3) is 22.2 Å². The van der Waals surface area contributed by atoms with Crippen molar-refractivity contribution in [1.29, 1.82) is 0 Å². The summed E-state index contributed by atoms with van der Waals surface area (Å²) in [7, 11) is 0. The molecule has 0 spiro atoms. The Labute approximate surface area is 181 Å². The largest absolute Gasteiger partial charge is 0.367 e. The first-order valence-electron chi connectivity index (χ1n) is 10.1. The number of aliphatic imine (C=N–C) groups is 1. The van der Waals surface area contributed by atoms with Crippen LogP contribution in [0.5, 0.6) is 0 Å². The summed E-state index contributed by atoms with van der Waals surface area (Å²) in [5.74, 6) is 0.491. The van der Waals surface area contributed by atoms with Crippen LogP contribution in [0.4, 0.5) is 11.6 Å². The van der Waals surface area contributed by atoms with E-state index in [2.05, 4.69) is 82.5 Å². The maximum atomic E-state index is 4.62. The fourth-order valence-electron chi connectivity index (χ4n) is 3.28. The standard InChI is InChI=1S/C25H26N6/c1-16(17-8-10-27-15-17)12-22(26-5)21-9-11-28-24(31-21)29-19-6-7-20-18(13-19)14-23(30-20)25(2,3)4/h6-15,27,30H,1,5H2,2-4H3,(H,28,29,31)/b22-12-. The lowest BCUT2D eigenvalue weighted by atomic mass is 9.92. The summed E-state index contributed by atoms with van der Waals surface area (Å²) in [4.78, 5) is 19.6. The molecule has 4 aromatic rings. The van der Waals surface area contributed by atoms with E-state index >= 15 is 0 Å². The number of benzene rings is 1. The van der Waals surface area contributed by atoms with Crippen LogP contribution in [0.15, 0.2) is 72.6 Å². The van der Waals surface area contributed by atoms with E-state index in [0.29, 0.717) is 17.3 Å². The predicted octanol–water partition coefficient (Wildman–Crippen LogP) is 6.08. The van der Waals surface area contributed by atoms with Gasteiger partial charge in [-0.15, -0.1) is 0 Å². The van der Waals surface area contributed by atoms with Gasteiger partial charge in [-0.05, 0) is 60.3 Å². The van der Waals surface area contributed by atoms with Crippen LogP contribution in [-0.2, 0) is 5.41 Å². The molecule has 0 bridgehead atoms. The van der Waals surface area contributed by atoms with Crippen LogP contribution in [0.2, 0.25) is 0 Å². The molecule has 0 fully saturated rings. The molecule has 0 radical (unpaired) electrons. The molecular formula is C25H26N6. The lowest BCUT2D eigenvalue weighted by molar-refractivity contribution is 0.574. The lowest BCUT2D eigenvalue weighted by Crippen LogP contribution is -2.10. The number of nitrogens with one attached hydrogen (secondary N) is 3. The summed E-state index contributed by atoms with van der Waals surface area (Å²) in [5, 5.41) is 4.43. The van der Waals surface area contributed by atoms with Gasteiger partial charge in [0.1, 0.15) is 0 Å². The zero-order chi connectivity index (χ0) is 22.0. The molecule has 1 aromatic carbocycles. The summed E-state index contributed by atoms with van der Waals surface area (Å²) in [6.07, 6.45) is 7.31. The molecule has 0 saturated carbocycles. The van der Waals surface area contributed by atoms with Gasteiger partial charge >= 0.3 is 0 Å². The zero-order valence-corrected chi connectivity index (χ0v) is 18.0. The maximum Gasteiger partial charge on any atom is 0.227 e. The molecule has 3 aromatic heterocycles. The monoisotopic (exact) mass is 410 g/mol. The van der Waals surface area contributed by atoms with Crippen LogP contribution in [-0.4, -0.2) is 26.7 Å². The smallest absolute Gasteiger partial charge is 0.227 e. The zero-order valence-electron chi connectivity index (χ0n) is 18.0. The fraction of sp³-hybridized carbons (Fsp3) is 0.160. The first-order chi connectivity index (χ1) is 14.8. The van der Waals surface area contributed by atoms with Crippen molar-refractivity contribution >= 4 is 40.5 Å². The summed E-state index contributed by atoms with van der Waals surface area (Å²) in [5.41, 5.74) is 6.40. The maximum absolute atomic E-state index is 4.62. The predicted molar refractivity (Wildman–Crippen MR) is 130 cm³/mol. The van der Waals surface area contributed by atoms with Gasteiger partial charge in [0.15, 0.2) is 0 Å². The molecule has 6 heteroatoms. The van der Waals surface area contributed by atoms with Crippen LogP contribution < -0.4 is 5.32 Å². The first kappa shape index (κ1) is 20.3. The third-order valence-corrected chi connectivity index (χ3v) is 5.05. The highest BCUT2D eigenvalue weighted by molar-refractivity contribution is 5.85. The van der Waals surface area contributed by atoms with Gasteiger partial charge in [-0.25, -0.2) is 9.97 Å². The number of aromatic nitrogens is 4. The number of allylic oxidation sites excluding steroid dienone is 2. The van der Waals surface area contributed by atoms with E-state index in [1.54, 1.807) is 12.3 Å². The van der Waals surface area contributed by atoms with Gasteiger partial charge in [-0.1, -0.05) is 27.4 Å². The SMILES string of the molecule is C=N/C(=C\C(=C)c1cc[nH]c1)c1ccnc(Nc2ccc3[nH]c(C(C)(C)C)cc3c2)n1. The van der Waals surface area contributed by atoms with Crippen LogP contribution in [0, 0.1) is 0 Å². The van der Waals surface area contributed by atoms with E-state index in [0.717, 1.165) is 27.7 Å². The third kappa shape index (κ3) is 4.48. The van der Waals surface area contributed by atoms with Crippen molar-refractivity contribution in [3.63, 3.8) is 0 Å². The molecule has 156 valence electrons. The van der Waals surface area contributed by atoms with Crippen molar-refractivity contribution in [3.05, 3.63) is 84.6 Å². The molecule has 0 aliphatic carbocycles. The molecular weight excluding hydrogens is 384 g/mol. The van der Waals surface area contributed by atoms with E-state index in [1.807, 2.05) is 30.6 Å². The van der Waals surface area contributed by atoms with Gasteiger partial charge in [0, 0.05) is 46.3 Å². The fourth-order valence-corrected chi connectivity index (χ4v) is 3.28. The van der Waals surface area contributed by atoms with E-state index in [1.165, 1.54) is 5.69 Å². The van der Waals surface area contributed by atoms with Gasteiger partial charge in [-0.2, -0.15) is 0 Å². The van der Waals surface area contributed by atoms with Crippen molar-refractivity contribution in [1.82, 2.24) is 19.9 Å². The van der Waals surface area contributed by atoms with E-state index in [-0.39, 0.29) is 5.41 Å². The number of rotatable bonds is 6. The van der Waals surface area contributed by atoms with Crippen molar-refractivity contribution in [2.24, 2.45) is 4.99 Å². The highest BCUT2D eigenvalue weighted by Crippen LogP contribution is 2.28. The Hall–Kier alpha value is -3.93. The topological polar surface area (TPSA) is 81.8 Å². The van der Waals surface area contributed by atoms with Gasteiger partial charge in [-0.3, -0.25) is 4.99 Å². The van der Waals surface area contributed by atoms with Crippen molar-refractivity contribution in [2.45, 2.75) is 26.2 Å². The number of fused-ring (bicyclic) bond motifs is 1. The van der Waals surface area contributed by atoms with E-state index in [9.17, 15) is 0 Å². The summed E-state index contributed by atoms with van der Waals surface area (Å²) < 4.78 is 0. The molecule has 0 aliphatic heterocycles. The Morgan fingerprint density at radius 1 is 1.16 bits per heavy atom. The van der Waals surface area contributed by atoms with Crippen LogP contribution in [0.3, 0.4) is 0 Å². The lowest BCUT2D eigenvalue weighted by Gasteiger charge is -2.15. The number of aromatic amines is 2. The van der Waals surface area contributed by atoms with Crippen molar-refractivity contribution in [3.8, 4) is 0 Å². The summed E-state index contributed by atoms with van der Waals surface area (Å²) in [6, 6.07) is 12.1. The number of anilines is 2. The van der Waals surface area contributed by atoms with Gasteiger partial charge in [0.05, 0.1) is 11.4 Å². The molecule has 0 atom stereocenters. The normalized spacial score (nSPS) is 12.2. The highest BCUT2D eigenvalue weighted by atomic mass is 15.1. The average Bonchev–Trinajstić information content (AvgIpc) is 3.41. The van der Waals surface area contributed by atoms with E-state index < -0.39 is 0 Å². The average molecular weight is 411 g/mol. The minimum atomic E-state index is 0.0644. The number of hydrogen-bond acceptors (Lipinski definition) is 4. The minimum absolute atomic E-state index is 0.0644. The number of nitrogens with zero attached hydrogens (tertiary/aromatic N) is 3. The Kier molecular flexibility index (Phi) is 5.29. The molecule has 6 nitrogen and oxygen atoms in total. The second-order valence-electron chi connectivity index (χ2n) is 8.44. The number of hydrogen-bond donors (Lipinski definition) is 3. The van der Waals surface area contributed by atoms with Gasteiger partial charge in [0.2, 0.25) is 5.95 Å². The molecule has 3 heterocycles. The molecule has 31 heavy (non-hydrogen) atoms. The molecule has 0 unspecified atom stereocenters. The molecule has 4 rings (SSSR count). The number of H-pyrrole nitrogens is 2. The molecule has 0 amide bonds. The third-order valence-electron chi connectivity index (χ3n) is 5.05. The van der Waals surface area contributed by atoms with Crippen LogP contribution in [0.1, 0.15) is 37.7 Å². The van der Waals surface area contributed by atoms with Gasteiger partial charge in [0.25, 0.3) is 0 Å². The minimum Gasteiger partial charge on any atom is -0.367 e.